The summed E-state index contributed by atoms with van der Waals surface area (Å²) in [6, 6.07) is 1.28. The van der Waals surface area contributed by atoms with Gasteiger partial charge in [-0.05, 0) is 25.8 Å². The lowest BCUT2D eigenvalue weighted by molar-refractivity contribution is 0.0927. The van der Waals surface area contributed by atoms with E-state index < -0.39 is 9.05 Å². The predicted molar refractivity (Wildman–Crippen MR) is 63.6 cm³/mol. The molecule has 0 saturated heterocycles. The van der Waals surface area contributed by atoms with Gasteiger partial charge in [0, 0.05) is 29.5 Å². The van der Waals surface area contributed by atoms with Crippen molar-refractivity contribution in [2.75, 3.05) is 0 Å². The molecule has 2 rings (SSSR count). The van der Waals surface area contributed by atoms with Crippen LogP contribution in [0.4, 0.5) is 0 Å². The predicted octanol–water partition coefficient (Wildman–Crippen LogP) is 1.23. The summed E-state index contributed by atoms with van der Waals surface area (Å²) in [4.78, 5) is 11.8. The van der Waals surface area contributed by atoms with Crippen LogP contribution in [-0.2, 0) is 16.1 Å². The Morgan fingerprint density at radius 2 is 2.12 bits per heavy atom. The van der Waals surface area contributed by atoms with E-state index in [9.17, 15) is 13.2 Å². The molecule has 7 heteroatoms. The molecule has 1 heterocycles. The zero-order chi connectivity index (χ0) is 12.8. The minimum atomic E-state index is -3.79. The van der Waals surface area contributed by atoms with Gasteiger partial charge in [0.05, 0.1) is 0 Å². The molecule has 1 aromatic heterocycles. The van der Waals surface area contributed by atoms with Gasteiger partial charge in [-0.2, -0.15) is 0 Å². The molecule has 0 radical (unpaired) electrons. The summed E-state index contributed by atoms with van der Waals surface area (Å²) in [6.07, 6.45) is 3.22. The lowest BCUT2D eigenvalue weighted by Gasteiger charge is -2.11. The van der Waals surface area contributed by atoms with Crippen LogP contribution in [-0.4, -0.2) is 24.4 Å². The van der Waals surface area contributed by atoms with Crippen molar-refractivity contribution < 1.29 is 13.2 Å². The molecule has 0 aromatic carbocycles. The number of carbonyl (C=O) groups is 1. The molecule has 94 valence electrons. The van der Waals surface area contributed by atoms with Crippen molar-refractivity contribution in [3.63, 3.8) is 0 Å². The quantitative estimate of drug-likeness (QED) is 0.845. The molecule has 1 N–H and O–H groups in total. The van der Waals surface area contributed by atoms with E-state index in [0.717, 1.165) is 12.8 Å². The van der Waals surface area contributed by atoms with Crippen molar-refractivity contribution in [1.29, 1.82) is 0 Å². The summed E-state index contributed by atoms with van der Waals surface area (Å²) < 4.78 is 23.7. The van der Waals surface area contributed by atoms with E-state index in [1.807, 2.05) is 6.92 Å². The monoisotopic (exact) mass is 276 g/mol. The molecule has 1 aliphatic rings. The first kappa shape index (κ1) is 12.4. The Morgan fingerprint density at radius 1 is 1.53 bits per heavy atom. The van der Waals surface area contributed by atoms with Crippen molar-refractivity contribution in [3.05, 3.63) is 18.0 Å². The van der Waals surface area contributed by atoms with E-state index in [1.54, 1.807) is 7.05 Å². The van der Waals surface area contributed by atoms with Crippen molar-refractivity contribution in [2.45, 2.75) is 30.2 Å². The average molecular weight is 277 g/mol. The van der Waals surface area contributed by atoms with Crippen LogP contribution in [0.3, 0.4) is 0 Å². The Labute approximate surface area is 104 Å². The maximum Gasteiger partial charge on any atom is 0.268 e. The number of hydrogen-bond acceptors (Lipinski definition) is 3. The maximum absolute atomic E-state index is 11.9. The molecular formula is C10H13ClN2O3S. The summed E-state index contributed by atoms with van der Waals surface area (Å²) in [5.41, 5.74) is 0.152. The average Bonchev–Trinajstić information content (AvgIpc) is 2.75. The SMILES string of the molecule is Cn1cc(S(=O)(=O)Cl)cc1C(=O)NC1(C)CC1. The number of amides is 1. The molecule has 1 saturated carbocycles. The highest BCUT2D eigenvalue weighted by Gasteiger charge is 2.39. The Kier molecular flexibility index (Phi) is 2.74. The summed E-state index contributed by atoms with van der Waals surface area (Å²) in [7, 11) is 3.03. The normalized spacial score (nSPS) is 17.8. The first-order valence-electron chi connectivity index (χ1n) is 5.15. The second kappa shape index (κ2) is 3.74. The molecule has 0 aliphatic heterocycles. The molecule has 0 bridgehead atoms. The van der Waals surface area contributed by atoms with Crippen LogP contribution in [0.5, 0.6) is 0 Å². The molecule has 0 unspecified atom stereocenters. The van der Waals surface area contributed by atoms with Crippen molar-refractivity contribution in [1.82, 2.24) is 9.88 Å². The number of halogens is 1. The third-order valence-corrected chi connectivity index (χ3v) is 4.23. The van der Waals surface area contributed by atoms with Gasteiger partial charge in [-0.1, -0.05) is 0 Å². The number of carbonyl (C=O) groups excluding carboxylic acids is 1. The van der Waals surface area contributed by atoms with E-state index in [2.05, 4.69) is 5.32 Å². The van der Waals surface area contributed by atoms with E-state index in [-0.39, 0.29) is 22.0 Å². The molecular weight excluding hydrogens is 264 g/mol. The van der Waals surface area contributed by atoms with Crippen LogP contribution in [0.2, 0.25) is 0 Å². The van der Waals surface area contributed by atoms with Crippen LogP contribution >= 0.6 is 10.7 Å². The van der Waals surface area contributed by atoms with Crippen molar-refractivity contribution >= 4 is 25.6 Å². The highest BCUT2D eigenvalue weighted by molar-refractivity contribution is 8.13. The summed E-state index contributed by atoms with van der Waals surface area (Å²) >= 11 is 0. The van der Waals surface area contributed by atoms with Gasteiger partial charge in [-0.25, -0.2) is 8.42 Å². The van der Waals surface area contributed by atoms with Crippen LogP contribution in [0.15, 0.2) is 17.2 Å². The molecule has 1 fully saturated rings. The molecule has 0 spiro atoms. The van der Waals surface area contributed by atoms with Crippen molar-refractivity contribution in [3.8, 4) is 0 Å². The number of hydrogen-bond donors (Lipinski definition) is 1. The highest BCUT2D eigenvalue weighted by Crippen LogP contribution is 2.34. The van der Waals surface area contributed by atoms with Gasteiger partial charge < -0.3 is 9.88 Å². The number of nitrogens with zero attached hydrogens (tertiary/aromatic N) is 1. The van der Waals surface area contributed by atoms with E-state index in [4.69, 9.17) is 10.7 Å². The Balaban J connectivity index is 2.27. The van der Waals surface area contributed by atoms with Crippen LogP contribution in [0, 0.1) is 0 Å². The Bertz CT molecular complexity index is 572. The van der Waals surface area contributed by atoms with E-state index >= 15 is 0 Å². The standard InChI is InChI=1S/C10H13ClN2O3S/c1-10(3-4-10)12-9(14)8-5-7(6-13(8)2)17(11,15)16/h5-6H,3-4H2,1-2H3,(H,12,14). The van der Waals surface area contributed by atoms with Gasteiger partial charge in [0.15, 0.2) is 0 Å². The topological polar surface area (TPSA) is 68.2 Å². The number of aromatic nitrogens is 1. The first-order chi connectivity index (χ1) is 7.71. The Hall–Kier alpha value is -1.01. The highest BCUT2D eigenvalue weighted by atomic mass is 35.7. The zero-order valence-electron chi connectivity index (χ0n) is 9.53. The summed E-state index contributed by atoms with van der Waals surface area (Å²) in [5, 5.41) is 2.85. The molecule has 1 aromatic rings. The van der Waals surface area contributed by atoms with Crippen molar-refractivity contribution in [2.24, 2.45) is 7.05 Å². The summed E-state index contributed by atoms with van der Waals surface area (Å²) in [6.45, 7) is 1.95. The molecule has 1 aliphatic carbocycles. The minimum Gasteiger partial charge on any atom is -0.346 e. The number of nitrogens with one attached hydrogen (secondary N) is 1. The first-order valence-corrected chi connectivity index (χ1v) is 7.46. The van der Waals surface area contributed by atoms with Crippen LogP contribution < -0.4 is 5.32 Å². The lowest BCUT2D eigenvalue weighted by atomic mass is 10.3. The fourth-order valence-corrected chi connectivity index (χ4v) is 2.33. The Morgan fingerprint density at radius 3 is 2.53 bits per heavy atom. The second-order valence-corrected chi connectivity index (χ2v) is 7.19. The fraction of sp³-hybridized carbons (Fsp3) is 0.500. The summed E-state index contributed by atoms with van der Waals surface area (Å²) in [5.74, 6) is -0.279. The number of aryl methyl sites for hydroxylation is 1. The van der Waals surface area contributed by atoms with Gasteiger partial charge in [0.1, 0.15) is 10.6 Å². The van der Waals surface area contributed by atoms with E-state index in [0.29, 0.717) is 0 Å². The number of rotatable bonds is 3. The third-order valence-electron chi connectivity index (χ3n) is 2.91. The fourth-order valence-electron chi connectivity index (χ4n) is 1.54. The minimum absolute atomic E-state index is 0.0623. The van der Waals surface area contributed by atoms with E-state index in [1.165, 1.54) is 16.8 Å². The van der Waals surface area contributed by atoms with Gasteiger partial charge in [-0.3, -0.25) is 4.79 Å². The smallest absolute Gasteiger partial charge is 0.268 e. The van der Waals surface area contributed by atoms with Gasteiger partial charge in [0.25, 0.3) is 15.0 Å². The lowest BCUT2D eigenvalue weighted by Crippen LogP contribution is -2.35. The van der Waals surface area contributed by atoms with Gasteiger partial charge >= 0.3 is 0 Å². The third kappa shape index (κ3) is 2.63. The maximum atomic E-state index is 11.9. The van der Waals surface area contributed by atoms with Gasteiger partial charge in [0.2, 0.25) is 0 Å². The van der Waals surface area contributed by atoms with Gasteiger partial charge in [-0.15, -0.1) is 0 Å². The van der Waals surface area contributed by atoms with Crippen LogP contribution in [0.25, 0.3) is 0 Å². The molecule has 1 amide bonds. The second-order valence-electron chi connectivity index (χ2n) is 4.62. The largest absolute Gasteiger partial charge is 0.346 e. The van der Waals surface area contributed by atoms with Crippen LogP contribution in [0.1, 0.15) is 30.3 Å². The zero-order valence-corrected chi connectivity index (χ0v) is 11.1. The molecule has 17 heavy (non-hydrogen) atoms. The molecule has 5 nitrogen and oxygen atoms in total. The molecule has 0 atom stereocenters.